The van der Waals surface area contributed by atoms with Crippen LogP contribution in [0.25, 0.3) is 0 Å². The van der Waals surface area contributed by atoms with E-state index in [0.717, 1.165) is 12.3 Å². The molecule has 0 bridgehead atoms. The van der Waals surface area contributed by atoms with Gasteiger partial charge in [-0.2, -0.15) is 0 Å². The number of sulfonamides is 1. The molecule has 0 saturated heterocycles. The Kier molecular flexibility index (Phi) is 6.29. The summed E-state index contributed by atoms with van der Waals surface area (Å²) in [6.45, 7) is 8.70. The van der Waals surface area contributed by atoms with E-state index in [0.29, 0.717) is 12.2 Å². The van der Waals surface area contributed by atoms with Gasteiger partial charge in [0.2, 0.25) is 10.0 Å². The van der Waals surface area contributed by atoms with Crippen molar-refractivity contribution in [3.63, 3.8) is 0 Å². The lowest BCUT2D eigenvalue weighted by Gasteiger charge is -2.15. The van der Waals surface area contributed by atoms with Gasteiger partial charge in [0.1, 0.15) is 5.75 Å². The van der Waals surface area contributed by atoms with E-state index in [9.17, 15) is 8.42 Å². The number of hydrogen-bond acceptors (Lipinski definition) is 4. The Balaban J connectivity index is 2.67. The number of anilines is 1. The monoisotopic (exact) mass is 300 g/mol. The average Bonchev–Trinajstić information content (AvgIpc) is 2.37. The van der Waals surface area contributed by atoms with E-state index in [-0.39, 0.29) is 6.10 Å². The van der Waals surface area contributed by atoms with E-state index in [4.69, 9.17) is 4.74 Å². The van der Waals surface area contributed by atoms with E-state index in [1.807, 2.05) is 20.8 Å². The van der Waals surface area contributed by atoms with Gasteiger partial charge in [-0.15, -0.1) is 0 Å². The summed E-state index contributed by atoms with van der Waals surface area (Å²) < 4.78 is 32.3. The van der Waals surface area contributed by atoms with Crippen molar-refractivity contribution < 1.29 is 13.2 Å². The van der Waals surface area contributed by atoms with Gasteiger partial charge in [0, 0.05) is 12.2 Å². The van der Waals surface area contributed by atoms with Crippen LogP contribution >= 0.6 is 0 Å². The lowest BCUT2D eigenvalue weighted by atomic mass is 10.3. The number of ether oxygens (including phenoxy) is 1. The zero-order valence-corrected chi connectivity index (χ0v) is 13.3. The molecule has 1 rings (SSSR count). The highest BCUT2D eigenvalue weighted by Crippen LogP contribution is 2.18. The van der Waals surface area contributed by atoms with Crippen molar-refractivity contribution in [1.82, 2.24) is 5.32 Å². The van der Waals surface area contributed by atoms with E-state index in [1.54, 1.807) is 31.2 Å². The molecule has 0 aromatic heterocycles. The van der Waals surface area contributed by atoms with Gasteiger partial charge >= 0.3 is 0 Å². The van der Waals surface area contributed by atoms with Gasteiger partial charge in [0.15, 0.2) is 0 Å². The summed E-state index contributed by atoms with van der Waals surface area (Å²) in [5, 5.41) is 2.54. The minimum atomic E-state index is -3.37. The molecule has 6 heteroatoms. The molecule has 0 spiro atoms. The summed E-state index contributed by atoms with van der Waals surface area (Å²) in [6, 6.07) is 6.92. The maximum atomic E-state index is 12.1. The first-order valence-corrected chi connectivity index (χ1v) is 8.39. The molecule has 1 aromatic rings. The van der Waals surface area contributed by atoms with Crippen molar-refractivity contribution >= 4 is 15.7 Å². The van der Waals surface area contributed by atoms with Crippen LogP contribution in [0.5, 0.6) is 5.75 Å². The largest absolute Gasteiger partial charge is 0.491 e. The molecule has 5 nitrogen and oxygen atoms in total. The SMILES string of the molecule is CCNCC(C)S(=O)(=O)Nc1ccc(OC(C)C)cc1. The van der Waals surface area contributed by atoms with Crippen LogP contribution in [0.15, 0.2) is 24.3 Å². The molecule has 0 fully saturated rings. The Morgan fingerprint density at radius 1 is 1.15 bits per heavy atom. The van der Waals surface area contributed by atoms with Crippen molar-refractivity contribution in [3.05, 3.63) is 24.3 Å². The third-order valence-electron chi connectivity index (χ3n) is 2.70. The molecule has 1 aromatic carbocycles. The fraction of sp³-hybridized carbons (Fsp3) is 0.571. The second-order valence-corrected chi connectivity index (χ2v) is 7.06. The molecule has 0 aliphatic rings. The molecular formula is C14H24N2O3S. The number of rotatable bonds is 8. The Morgan fingerprint density at radius 2 is 1.75 bits per heavy atom. The highest BCUT2D eigenvalue weighted by atomic mass is 32.2. The summed E-state index contributed by atoms with van der Waals surface area (Å²) in [6.07, 6.45) is 0.0951. The van der Waals surface area contributed by atoms with Gasteiger partial charge in [-0.3, -0.25) is 4.72 Å². The van der Waals surface area contributed by atoms with Crippen molar-refractivity contribution in [2.45, 2.75) is 39.0 Å². The Morgan fingerprint density at radius 3 is 2.25 bits per heavy atom. The van der Waals surface area contributed by atoms with Crippen molar-refractivity contribution in [3.8, 4) is 5.75 Å². The van der Waals surface area contributed by atoms with Crippen LogP contribution in [0, 0.1) is 0 Å². The highest BCUT2D eigenvalue weighted by Gasteiger charge is 2.19. The molecule has 0 aliphatic heterocycles. The minimum Gasteiger partial charge on any atom is -0.491 e. The first-order valence-electron chi connectivity index (χ1n) is 6.84. The zero-order chi connectivity index (χ0) is 15.2. The summed E-state index contributed by atoms with van der Waals surface area (Å²) in [5.41, 5.74) is 0.546. The van der Waals surface area contributed by atoms with Crippen LogP contribution in [0.4, 0.5) is 5.69 Å². The number of hydrogen-bond donors (Lipinski definition) is 2. The van der Waals surface area contributed by atoms with Crippen LogP contribution in [0.1, 0.15) is 27.7 Å². The molecule has 0 aliphatic carbocycles. The van der Waals surface area contributed by atoms with Crippen molar-refractivity contribution in [1.29, 1.82) is 0 Å². The predicted molar refractivity (Wildman–Crippen MR) is 82.8 cm³/mol. The molecule has 0 heterocycles. The lowest BCUT2D eigenvalue weighted by Crippen LogP contribution is -2.34. The van der Waals surface area contributed by atoms with Crippen LogP contribution in [-0.2, 0) is 10.0 Å². The topological polar surface area (TPSA) is 67.4 Å². The minimum absolute atomic E-state index is 0.0951. The Hall–Kier alpha value is -1.27. The molecule has 1 unspecified atom stereocenters. The zero-order valence-electron chi connectivity index (χ0n) is 12.5. The van der Waals surface area contributed by atoms with Gasteiger partial charge in [-0.25, -0.2) is 8.42 Å². The van der Waals surface area contributed by atoms with E-state index in [2.05, 4.69) is 10.0 Å². The number of benzene rings is 1. The van der Waals surface area contributed by atoms with Crippen LogP contribution < -0.4 is 14.8 Å². The smallest absolute Gasteiger partial charge is 0.236 e. The fourth-order valence-electron chi connectivity index (χ4n) is 1.60. The molecule has 0 amide bonds. The van der Waals surface area contributed by atoms with Gasteiger partial charge in [-0.05, 0) is 51.6 Å². The summed E-state index contributed by atoms with van der Waals surface area (Å²) >= 11 is 0. The maximum absolute atomic E-state index is 12.1. The van der Waals surface area contributed by atoms with Gasteiger partial charge in [-0.1, -0.05) is 6.92 Å². The quantitative estimate of drug-likeness (QED) is 0.772. The van der Waals surface area contributed by atoms with Crippen molar-refractivity contribution in [2.75, 3.05) is 17.8 Å². The van der Waals surface area contributed by atoms with E-state index >= 15 is 0 Å². The molecule has 114 valence electrons. The van der Waals surface area contributed by atoms with Gasteiger partial charge in [0.05, 0.1) is 11.4 Å². The van der Waals surface area contributed by atoms with Gasteiger partial charge in [0.25, 0.3) is 0 Å². The van der Waals surface area contributed by atoms with E-state index in [1.165, 1.54) is 0 Å². The maximum Gasteiger partial charge on any atom is 0.236 e. The summed E-state index contributed by atoms with van der Waals surface area (Å²) in [5.74, 6) is 0.726. The van der Waals surface area contributed by atoms with Crippen LogP contribution in [0.2, 0.25) is 0 Å². The second kappa shape index (κ2) is 7.50. The molecular weight excluding hydrogens is 276 g/mol. The molecule has 0 saturated carbocycles. The van der Waals surface area contributed by atoms with Gasteiger partial charge < -0.3 is 10.1 Å². The van der Waals surface area contributed by atoms with Crippen molar-refractivity contribution in [2.24, 2.45) is 0 Å². The van der Waals surface area contributed by atoms with Crippen LogP contribution in [-0.4, -0.2) is 32.9 Å². The number of nitrogens with one attached hydrogen (secondary N) is 2. The predicted octanol–water partition coefficient (Wildman–Crippen LogP) is 2.21. The summed E-state index contributed by atoms with van der Waals surface area (Å²) in [7, 11) is -3.37. The molecule has 1 atom stereocenters. The molecule has 20 heavy (non-hydrogen) atoms. The third-order valence-corrected chi connectivity index (χ3v) is 4.44. The van der Waals surface area contributed by atoms with E-state index < -0.39 is 15.3 Å². The first kappa shape index (κ1) is 16.8. The average molecular weight is 300 g/mol. The molecule has 0 radical (unpaired) electrons. The fourth-order valence-corrected chi connectivity index (χ4v) is 2.60. The second-order valence-electron chi connectivity index (χ2n) is 4.96. The Bertz CT molecular complexity index is 498. The standard InChI is InChI=1S/C14H24N2O3S/c1-5-15-10-12(4)20(17,18)16-13-6-8-14(9-7-13)19-11(2)3/h6-9,11-12,15-16H,5,10H2,1-4H3. The normalized spacial score (nSPS) is 13.2. The summed E-state index contributed by atoms with van der Waals surface area (Å²) in [4.78, 5) is 0. The highest BCUT2D eigenvalue weighted by molar-refractivity contribution is 7.93. The molecule has 2 N–H and O–H groups in total. The van der Waals surface area contributed by atoms with Crippen LogP contribution in [0.3, 0.4) is 0 Å². The lowest BCUT2D eigenvalue weighted by molar-refractivity contribution is 0.242. The third kappa shape index (κ3) is 5.38. The first-order chi connectivity index (χ1) is 9.35. The Labute approximate surface area is 121 Å².